The largest absolute Gasteiger partial charge is 0.493 e. The molecule has 0 heterocycles. The Hall–Kier alpha value is -3.82. The van der Waals surface area contributed by atoms with E-state index in [9.17, 15) is 19.7 Å². The molecule has 0 saturated heterocycles. The molecule has 0 aliphatic heterocycles. The Labute approximate surface area is 154 Å². The number of nitrogens with one attached hydrogen (secondary N) is 2. The molecule has 27 heavy (non-hydrogen) atoms. The van der Waals surface area contributed by atoms with Crippen LogP contribution >= 0.6 is 0 Å². The Kier molecular flexibility index (Phi) is 6.15. The normalized spacial score (nSPS) is 9.89. The Morgan fingerprint density at radius 3 is 1.93 bits per heavy atom. The number of carbonyl (C=O) groups is 2. The molecule has 10 heteroatoms. The summed E-state index contributed by atoms with van der Waals surface area (Å²) < 4.78 is 15.5. The molecule has 0 aliphatic rings. The van der Waals surface area contributed by atoms with Gasteiger partial charge in [0.25, 0.3) is 17.5 Å². The van der Waals surface area contributed by atoms with Gasteiger partial charge in [-0.05, 0) is 18.2 Å². The van der Waals surface area contributed by atoms with Gasteiger partial charge in [0, 0.05) is 23.3 Å². The summed E-state index contributed by atoms with van der Waals surface area (Å²) in [7, 11) is 4.24. The van der Waals surface area contributed by atoms with Gasteiger partial charge in [-0.3, -0.25) is 30.6 Å². The summed E-state index contributed by atoms with van der Waals surface area (Å²) in [6.07, 6.45) is 0. The van der Waals surface area contributed by atoms with Crippen LogP contribution in [-0.4, -0.2) is 38.1 Å². The standard InChI is InChI=1S/C17H17N3O7/c1-25-13-8-11(9-14(26-2)15(13)27-3)17(22)19-18-16(21)10-5-4-6-12(7-10)20(23)24/h4-9H,1-3H3,(H,18,21)(H,19,22). The first-order valence-electron chi connectivity index (χ1n) is 7.56. The average Bonchev–Trinajstić information content (AvgIpc) is 2.70. The Morgan fingerprint density at radius 1 is 0.889 bits per heavy atom. The summed E-state index contributed by atoms with van der Waals surface area (Å²) in [4.78, 5) is 34.5. The highest BCUT2D eigenvalue weighted by Gasteiger charge is 2.18. The summed E-state index contributed by atoms with van der Waals surface area (Å²) in [5.41, 5.74) is 4.35. The van der Waals surface area contributed by atoms with Crippen molar-refractivity contribution in [1.29, 1.82) is 0 Å². The lowest BCUT2D eigenvalue weighted by Gasteiger charge is -2.14. The number of nitrogens with zero attached hydrogens (tertiary/aromatic N) is 1. The number of hydrogen-bond acceptors (Lipinski definition) is 7. The summed E-state index contributed by atoms with van der Waals surface area (Å²) in [6, 6.07) is 7.93. The highest BCUT2D eigenvalue weighted by atomic mass is 16.6. The second-order valence-corrected chi connectivity index (χ2v) is 5.13. The molecule has 0 saturated carbocycles. The van der Waals surface area contributed by atoms with Crippen LogP contribution in [0.2, 0.25) is 0 Å². The van der Waals surface area contributed by atoms with Crippen LogP contribution in [0.15, 0.2) is 36.4 Å². The zero-order valence-corrected chi connectivity index (χ0v) is 14.8. The molecule has 0 aliphatic carbocycles. The number of benzene rings is 2. The Morgan fingerprint density at radius 2 is 1.44 bits per heavy atom. The number of amides is 2. The van der Waals surface area contributed by atoms with Crippen molar-refractivity contribution in [3.8, 4) is 17.2 Å². The minimum atomic E-state index is -0.709. The highest BCUT2D eigenvalue weighted by Crippen LogP contribution is 2.38. The van der Waals surface area contributed by atoms with E-state index in [1.807, 2.05) is 0 Å². The molecule has 0 radical (unpaired) electrons. The summed E-state index contributed by atoms with van der Waals surface area (Å²) in [5, 5.41) is 10.8. The van der Waals surface area contributed by atoms with Crippen molar-refractivity contribution in [2.24, 2.45) is 0 Å². The minimum absolute atomic E-state index is 0.0226. The van der Waals surface area contributed by atoms with Gasteiger partial charge in [0.2, 0.25) is 5.75 Å². The second kappa shape index (κ2) is 8.52. The number of nitro benzene ring substituents is 1. The first-order chi connectivity index (χ1) is 12.9. The van der Waals surface area contributed by atoms with Gasteiger partial charge >= 0.3 is 0 Å². The first-order valence-corrected chi connectivity index (χ1v) is 7.56. The molecule has 0 spiro atoms. The molecule has 2 aromatic rings. The smallest absolute Gasteiger partial charge is 0.270 e. The predicted molar refractivity (Wildman–Crippen MR) is 94.1 cm³/mol. The quantitative estimate of drug-likeness (QED) is 0.580. The molecule has 0 atom stereocenters. The Bertz CT molecular complexity index is 858. The molecule has 2 amide bonds. The third-order valence-corrected chi connectivity index (χ3v) is 3.54. The fourth-order valence-electron chi connectivity index (χ4n) is 2.23. The number of nitro groups is 1. The van der Waals surface area contributed by atoms with Crippen molar-refractivity contribution in [2.45, 2.75) is 0 Å². The van der Waals surface area contributed by atoms with E-state index in [4.69, 9.17) is 14.2 Å². The fraction of sp³-hybridized carbons (Fsp3) is 0.176. The maximum atomic E-state index is 12.3. The van der Waals surface area contributed by atoms with Crippen molar-refractivity contribution in [2.75, 3.05) is 21.3 Å². The van der Waals surface area contributed by atoms with Gasteiger partial charge in [-0.15, -0.1) is 0 Å². The lowest BCUT2D eigenvalue weighted by molar-refractivity contribution is -0.384. The van der Waals surface area contributed by atoms with E-state index in [1.54, 1.807) is 0 Å². The lowest BCUT2D eigenvalue weighted by Crippen LogP contribution is -2.41. The molecule has 142 valence electrons. The fourth-order valence-corrected chi connectivity index (χ4v) is 2.23. The monoisotopic (exact) mass is 375 g/mol. The van der Waals surface area contributed by atoms with Crippen LogP contribution in [0.4, 0.5) is 5.69 Å². The van der Waals surface area contributed by atoms with Crippen LogP contribution in [0.25, 0.3) is 0 Å². The van der Waals surface area contributed by atoms with Crippen LogP contribution in [-0.2, 0) is 0 Å². The average molecular weight is 375 g/mol. The molecular formula is C17H17N3O7. The maximum absolute atomic E-state index is 12.3. The van der Waals surface area contributed by atoms with E-state index < -0.39 is 16.7 Å². The molecule has 0 fully saturated rings. The van der Waals surface area contributed by atoms with E-state index in [1.165, 1.54) is 51.7 Å². The first kappa shape index (κ1) is 19.5. The number of carbonyl (C=O) groups excluding carboxylic acids is 2. The van der Waals surface area contributed by atoms with Gasteiger partial charge in [-0.25, -0.2) is 0 Å². The zero-order chi connectivity index (χ0) is 20.0. The van der Waals surface area contributed by atoms with Crippen LogP contribution in [0.3, 0.4) is 0 Å². The molecule has 2 aromatic carbocycles. The van der Waals surface area contributed by atoms with E-state index in [-0.39, 0.29) is 28.3 Å². The van der Waals surface area contributed by atoms with Gasteiger partial charge in [0.15, 0.2) is 11.5 Å². The van der Waals surface area contributed by atoms with Crippen molar-refractivity contribution >= 4 is 17.5 Å². The number of non-ortho nitro benzene ring substituents is 1. The van der Waals surface area contributed by atoms with Crippen molar-refractivity contribution in [3.05, 3.63) is 57.6 Å². The van der Waals surface area contributed by atoms with Gasteiger partial charge < -0.3 is 14.2 Å². The molecule has 2 rings (SSSR count). The van der Waals surface area contributed by atoms with Crippen LogP contribution in [0, 0.1) is 10.1 Å². The van der Waals surface area contributed by atoms with E-state index in [0.29, 0.717) is 5.75 Å². The maximum Gasteiger partial charge on any atom is 0.270 e. The third kappa shape index (κ3) is 4.42. The number of rotatable bonds is 6. The summed E-state index contributed by atoms with van der Waals surface area (Å²) in [5.74, 6) is -0.497. The van der Waals surface area contributed by atoms with Gasteiger partial charge in [0.05, 0.1) is 26.3 Å². The molecule has 0 aromatic heterocycles. The summed E-state index contributed by atoms with van der Waals surface area (Å²) in [6.45, 7) is 0. The highest BCUT2D eigenvalue weighted by molar-refractivity contribution is 6.00. The Balaban J connectivity index is 2.14. The van der Waals surface area contributed by atoms with Gasteiger partial charge in [-0.1, -0.05) is 6.07 Å². The lowest BCUT2D eigenvalue weighted by atomic mass is 10.1. The zero-order valence-electron chi connectivity index (χ0n) is 14.8. The van der Waals surface area contributed by atoms with Crippen molar-refractivity contribution in [1.82, 2.24) is 10.9 Å². The SMILES string of the molecule is COc1cc(C(=O)NNC(=O)c2cccc([N+](=O)[O-])c2)cc(OC)c1OC. The van der Waals surface area contributed by atoms with E-state index in [2.05, 4.69) is 10.9 Å². The predicted octanol–water partition coefficient (Wildman–Crippen LogP) is 1.70. The molecule has 0 bridgehead atoms. The minimum Gasteiger partial charge on any atom is -0.493 e. The number of ether oxygens (including phenoxy) is 3. The van der Waals surface area contributed by atoms with Crippen LogP contribution < -0.4 is 25.1 Å². The second-order valence-electron chi connectivity index (χ2n) is 5.13. The molecule has 0 unspecified atom stereocenters. The topological polar surface area (TPSA) is 129 Å². The van der Waals surface area contributed by atoms with Crippen molar-refractivity contribution < 1.29 is 28.7 Å². The van der Waals surface area contributed by atoms with Gasteiger partial charge in [0.1, 0.15) is 0 Å². The van der Waals surface area contributed by atoms with E-state index in [0.717, 1.165) is 6.07 Å². The van der Waals surface area contributed by atoms with Crippen LogP contribution in [0.5, 0.6) is 17.2 Å². The molecule has 10 nitrogen and oxygen atoms in total. The van der Waals surface area contributed by atoms with Gasteiger partial charge in [-0.2, -0.15) is 0 Å². The number of hydrazine groups is 1. The van der Waals surface area contributed by atoms with Crippen molar-refractivity contribution in [3.63, 3.8) is 0 Å². The number of methoxy groups -OCH3 is 3. The molecular weight excluding hydrogens is 358 g/mol. The van der Waals surface area contributed by atoms with E-state index >= 15 is 0 Å². The number of hydrogen-bond donors (Lipinski definition) is 2. The van der Waals surface area contributed by atoms with Crippen LogP contribution in [0.1, 0.15) is 20.7 Å². The third-order valence-electron chi connectivity index (χ3n) is 3.54. The molecule has 2 N–H and O–H groups in total. The summed E-state index contributed by atoms with van der Waals surface area (Å²) >= 11 is 0.